The van der Waals surface area contributed by atoms with E-state index in [9.17, 15) is 34.2 Å². The van der Waals surface area contributed by atoms with Gasteiger partial charge < -0.3 is 40.3 Å². The number of fused-ring (bicyclic) bond motifs is 1. The first-order valence-corrected chi connectivity index (χ1v) is 21.4. The molecule has 2 saturated heterocycles. The second-order valence-electron chi connectivity index (χ2n) is 16.2. The number of hydrogen-bond donors (Lipinski definition) is 5. The van der Waals surface area contributed by atoms with Crippen LogP contribution in [0.15, 0.2) is 109 Å². The van der Waals surface area contributed by atoms with Gasteiger partial charge in [0.15, 0.2) is 6.10 Å². The standard InChI is InChI=1S/C35H41N3O6S.C12H12O4/c1-22-11-7-8-14-24(22)19-36-33(42)31-35(2,3)45-21-38(31)34(43)27(39)18-25(17-23-12-5-4-6-13-23)32(41)37-30-26-15-9-10-16-29(26)44-20-28(30)40;13-11(14)10-7-9(12(15)16-10)6-8-4-2-1-3-5-8/h4-16,25,27-28,30-31,39-40H,17-21H2,1-3H3,(H,36,42)(H,37,41);1-5,9-10H,6-7H2,(H,13,14)/t25-,27+,28-,30+,31-;9-,10?/m11/s1. The summed E-state index contributed by atoms with van der Waals surface area (Å²) in [5.74, 6) is -3.04. The minimum atomic E-state index is -1.52. The van der Waals surface area contributed by atoms with E-state index in [-0.39, 0.29) is 43.6 Å². The molecule has 1 unspecified atom stereocenters. The van der Waals surface area contributed by atoms with Gasteiger partial charge in [-0.05, 0) is 68.4 Å². The molecule has 3 aliphatic rings. The summed E-state index contributed by atoms with van der Waals surface area (Å²) < 4.78 is 9.81. The highest BCUT2D eigenvalue weighted by molar-refractivity contribution is 8.00. The Morgan fingerprint density at radius 3 is 2.21 bits per heavy atom. The van der Waals surface area contributed by atoms with Gasteiger partial charge in [-0.2, -0.15) is 0 Å². The van der Waals surface area contributed by atoms with Crippen LogP contribution in [-0.2, 0) is 48.1 Å². The lowest BCUT2D eigenvalue weighted by molar-refractivity contribution is -0.157. The van der Waals surface area contributed by atoms with Crippen LogP contribution >= 0.6 is 11.8 Å². The van der Waals surface area contributed by atoms with Crippen molar-refractivity contribution in [1.82, 2.24) is 15.5 Å². The average Bonchev–Trinajstić information content (AvgIpc) is 3.79. The van der Waals surface area contributed by atoms with E-state index in [4.69, 9.17) is 14.6 Å². The normalized spacial score (nSPS) is 22.3. The van der Waals surface area contributed by atoms with Crippen molar-refractivity contribution < 1.29 is 48.8 Å². The molecule has 0 radical (unpaired) electrons. The number of carboxylic acids is 1. The number of benzene rings is 4. The number of amides is 3. The quantitative estimate of drug-likeness (QED) is 0.117. The molecular weight excluding hydrogens is 799 g/mol. The molecule has 13 nitrogen and oxygen atoms in total. The maximum Gasteiger partial charge on any atom is 0.345 e. The van der Waals surface area contributed by atoms with Gasteiger partial charge in [0, 0.05) is 29.2 Å². The molecule has 3 aliphatic heterocycles. The van der Waals surface area contributed by atoms with Crippen molar-refractivity contribution in [3.05, 3.63) is 137 Å². The van der Waals surface area contributed by atoms with Crippen molar-refractivity contribution in [3.8, 4) is 5.75 Å². The number of cyclic esters (lactones) is 1. The van der Waals surface area contributed by atoms with Crippen molar-refractivity contribution in [2.75, 3.05) is 12.5 Å². The Bertz CT molecular complexity index is 2170. The molecule has 3 heterocycles. The third kappa shape index (κ3) is 11.4. The molecule has 0 aliphatic carbocycles. The highest BCUT2D eigenvalue weighted by Gasteiger charge is 2.49. The van der Waals surface area contributed by atoms with Crippen molar-refractivity contribution in [1.29, 1.82) is 0 Å². The van der Waals surface area contributed by atoms with Gasteiger partial charge in [-0.1, -0.05) is 103 Å². The van der Waals surface area contributed by atoms with Crippen LogP contribution in [0.5, 0.6) is 5.75 Å². The van der Waals surface area contributed by atoms with E-state index in [0.717, 1.165) is 22.3 Å². The number of hydrogen-bond acceptors (Lipinski definition) is 10. The molecule has 0 spiro atoms. The van der Waals surface area contributed by atoms with Crippen LogP contribution in [0.1, 0.15) is 60.5 Å². The smallest absolute Gasteiger partial charge is 0.345 e. The number of aryl methyl sites for hydroxylation is 1. The number of carbonyl (C=O) groups excluding carboxylic acids is 4. The first-order valence-electron chi connectivity index (χ1n) is 20.4. The van der Waals surface area contributed by atoms with Crippen molar-refractivity contribution in [2.24, 2.45) is 11.8 Å². The van der Waals surface area contributed by atoms with E-state index in [1.807, 2.05) is 118 Å². The van der Waals surface area contributed by atoms with E-state index < -0.39 is 64.8 Å². The predicted molar refractivity (Wildman–Crippen MR) is 229 cm³/mol. The number of thioether (sulfide) groups is 1. The van der Waals surface area contributed by atoms with Gasteiger partial charge in [0.2, 0.25) is 11.8 Å². The molecule has 0 bridgehead atoms. The summed E-state index contributed by atoms with van der Waals surface area (Å²) in [6.45, 7) is 6.17. The molecule has 7 rings (SSSR count). The number of aliphatic hydroxyl groups is 2. The Balaban J connectivity index is 0.000000324. The number of aliphatic hydroxyl groups excluding tert-OH is 2. The Morgan fingerprint density at radius 2 is 1.54 bits per heavy atom. The summed E-state index contributed by atoms with van der Waals surface area (Å²) in [5, 5.41) is 36.7. The van der Waals surface area contributed by atoms with E-state index in [1.54, 1.807) is 12.1 Å². The van der Waals surface area contributed by atoms with E-state index >= 15 is 0 Å². The average molecular weight is 852 g/mol. The van der Waals surface area contributed by atoms with Crippen LogP contribution < -0.4 is 15.4 Å². The third-order valence-electron chi connectivity index (χ3n) is 11.3. The monoisotopic (exact) mass is 851 g/mol. The molecule has 2 fully saturated rings. The predicted octanol–water partition coefficient (Wildman–Crippen LogP) is 4.76. The number of esters is 1. The Labute approximate surface area is 359 Å². The third-order valence-corrected chi connectivity index (χ3v) is 12.7. The molecular formula is C47H53N3O10S. The van der Waals surface area contributed by atoms with Gasteiger partial charge in [0.25, 0.3) is 5.91 Å². The Hall–Kier alpha value is -5.70. The van der Waals surface area contributed by atoms with Crippen LogP contribution in [0, 0.1) is 18.8 Å². The summed E-state index contributed by atoms with van der Waals surface area (Å²) in [7, 11) is 0. The lowest BCUT2D eigenvalue weighted by Gasteiger charge is -2.33. The first-order chi connectivity index (χ1) is 29.2. The zero-order chi connectivity index (χ0) is 43.7. The lowest BCUT2D eigenvalue weighted by atomic mass is 9.90. The topological polar surface area (TPSA) is 192 Å². The number of nitrogens with zero attached hydrogens (tertiary/aromatic N) is 1. The molecule has 3 amide bonds. The van der Waals surface area contributed by atoms with Gasteiger partial charge >= 0.3 is 11.9 Å². The molecule has 14 heteroatoms. The summed E-state index contributed by atoms with van der Waals surface area (Å²) >= 11 is 1.47. The lowest BCUT2D eigenvalue weighted by Crippen LogP contribution is -2.55. The zero-order valence-corrected chi connectivity index (χ0v) is 35.3. The molecule has 0 aromatic heterocycles. The number of para-hydroxylation sites is 1. The van der Waals surface area contributed by atoms with Crippen LogP contribution in [0.3, 0.4) is 0 Å². The molecule has 4 aromatic rings. The molecule has 5 N–H and O–H groups in total. The molecule has 4 aromatic carbocycles. The van der Waals surface area contributed by atoms with Crippen LogP contribution in [0.2, 0.25) is 0 Å². The second-order valence-corrected chi connectivity index (χ2v) is 17.8. The van der Waals surface area contributed by atoms with Crippen molar-refractivity contribution in [3.63, 3.8) is 0 Å². The molecule has 0 saturated carbocycles. The van der Waals surface area contributed by atoms with Crippen LogP contribution in [0.25, 0.3) is 0 Å². The number of aliphatic carboxylic acids is 1. The van der Waals surface area contributed by atoms with Crippen molar-refractivity contribution >= 4 is 41.4 Å². The maximum atomic E-state index is 13.8. The fraction of sp³-hybridized carbons (Fsp3) is 0.383. The van der Waals surface area contributed by atoms with Crippen LogP contribution in [-0.4, -0.2) is 91.5 Å². The van der Waals surface area contributed by atoms with Gasteiger partial charge in [-0.3, -0.25) is 19.2 Å². The van der Waals surface area contributed by atoms with E-state index in [1.165, 1.54) is 16.7 Å². The second kappa shape index (κ2) is 20.2. The number of rotatable bonds is 13. The minimum Gasteiger partial charge on any atom is -0.490 e. The van der Waals surface area contributed by atoms with E-state index in [0.29, 0.717) is 24.3 Å². The fourth-order valence-electron chi connectivity index (χ4n) is 7.89. The van der Waals surface area contributed by atoms with Crippen molar-refractivity contribution in [2.45, 2.75) is 88.1 Å². The number of ether oxygens (including phenoxy) is 2. The highest BCUT2D eigenvalue weighted by Crippen LogP contribution is 2.40. The SMILES string of the molecule is Cc1ccccc1CNC(=O)[C@H]1N(C(=O)[C@@H](O)C[C@@H](Cc2ccccc2)C(=O)N[C@H]2c3ccccc3OC[C@H]2O)CSC1(C)C.O=C(O)C1C[C@@H](Cc2ccccc2)C(=O)O1. The first kappa shape index (κ1) is 44.8. The van der Waals surface area contributed by atoms with Gasteiger partial charge in [0.1, 0.15) is 30.6 Å². The minimum absolute atomic E-state index is 0.0299. The Morgan fingerprint density at radius 1 is 0.902 bits per heavy atom. The van der Waals surface area contributed by atoms with Crippen LogP contribution in [0.4, 0.5) is 0 Å². The maximum absolute atomic E-state index is 13.8. The van der Waals surface area contributed by atoms with E-state index in [2.05, 4.69) is 10.6 Å². The largest absolute Gasteiger partial charge is 0.490 e. The van der Waals surface area contributed by atoms with Gasteiger partial charge in [-0.15, -0.1) is 11.8 Å². The summed E-state index contributed by atoms with van der Waals surface area (Å²) in [6.07, 6.45) is -2.51. The summed E-state index contributed by atoms with van der Waals surface area (Å²) in [6, 6.07) is 32.4. The number of carbonyl (C=O) groups is 5. The van der Waals surface area contributed by atoms with Gasteiger partial charge in [0.05, 0.1) is 17.8 Å². The highest BCUT2D eigenvalue weighted by atomic mass is 32.2. The van der Waals surface area contributed by atoms with Gasteiger partial charge in [-0.25, -0.2) is 4.79 Å². The molecule has 61 heavy (non-hydrogen) atoms. The number of carboxylic acid groups (broad SMARTS) is 1. The zero-order valence-electron chi connectivity index (χ0n) is 34.4. The summed E-state index contributed by atoms with van der Waals surface area (Å²) in [4.78, 5) is 64.6. The fourth-order valence-corrected chi connectivity index (χ4v) is 9.03. The molecule has 322 valence electrons. The number of nitrogens with one attached hydrogen (secondary N) is 2. The summed E-state index contributed by atoms with van der Waals surface area (Å²) in [5.41, 5.74) is 4.60. The Kier molecular flexibility index (Phi) is 14.9. The molecule has 7 atom stereocenters.